The average Bonchev–Trinajstić information content (AvgIpc) is 2.46. The molecule has 0 aromatic heterocycles. The highest BCUT2D eigenvalue weighted by molar-refractivity contribution is 6.47. The fourth-order valence-corrected chi connectivity index (χ4v) is 2.16. The summed E-state index contributed by atoms with van der Waals surface area (Å²) in [7, 11) is -1.44. The van der Waals surface area contributed by atoms with Crippen molar-refractivity contribution in [2.45, 2.75) is 19.3 Å². The van der Waals surface area contributed by atoms with Gasteiger partial charge in [-0.05, 0) is 28.8 Å². The van der Waals surface area contributed by atoms with Crippen molar-refractivity contribution < 1.29 is 14.4 Å². The molecule has 0 bridgehead atoms. The van der Waals surface area contributed by atoms with Crippen LogP contribution in [-0.2, 0) is 5.41 Å². The molecule has 0 fully saturated rings. The number of benzene rings is 2. The molecule has 0 saturated heterocycles. The number of hydrogen-bond acceptors (Lipinski definition) is 2. The normalized spacial score (nSPS) is 11.9. The average molecular weight is 284 g/mol. The summed E-state index contributed by atoms with van der Waals surface area (Å²) >= 11 is 0. The lowest BCUT2D eigenvalue weighted by Crippen LogP contribution is -2.16. The van der Waals surface area contributed by atoms with E-state index < -0.39 is 7.12 Å². The molecule has 0 atom stereocenters. The first-order valence-electron chi connectivity index (χ1n) is 6.80. The van der Waals surface area contributed by atoms with E-state index in [-0.39, 0.29) is 11.2 Å². The molecule has 0 unspecified atom stereocenters. The van der Waals surface area contributed by atoms with Gasteiger partial charge in [0.15, 0.2) is 0 Å². The maximum absolute atomic E-state index is 12.9. The van der Waals surface area contributed by atoms with E-state index >= 15 is 0 Å². The number of allylic oxidation sites excluding steroid dienone is 1. The Labute approximate surface area is 124 Å². The molecule has 0 aliphatic heterocycles. The van der Waals surface area contributed by atoms with Crippen molar-refractivity contribution in [3.63, 3.8) is 0 Å². The van der Waals surface area contributed by atoms with Crippen LogP contribution in [0.4, 0.5) is 4.39 Å². The van der Waals surface area contributed by atoms with Crippen molar-refractivity contribution in [2.75, 3.05) is 0 Å². The van der Waals surface area contributed by atoms with E-state index in [9.17, 15) is 4.39 Å². The molecule has 0 radical (unpaired) electrons. The first kappa shape index (κ1) is 15.5. The Morgan fingerprint density at radius 1 is 0.905 bits per heavy atom. The summed E-state index contributed by atoms with van der Waals surface area (Å²) in [5.41, 5.74) is 2.73. The molecular weight excluding hydrogens is 266 g/mol. The molecule has 0 aliphatic rings. The predicted molar refractivity (Wildman–Crippen MR) is 84.2 cm³/mol. The van der Waals surface area contributed by atoms with Crippen LogP contribution in [0, 0.1) is 5.82 Å². The maximum Gasteiger partial charge on any atom is 0.480 e. The number of rotatable bonds is 4. The van der Waals surface area contributed by atoms with E-state index in [0.29, 0.717) is 0 Å². The second kappa shape index (κ2) is 6.25. The zero-order valence-corrected chi connectivity index (χ0v) is 12.1. The van der Waals surface area contributed by atoms with Crippen LogP contribution >= 0.6 is 0 Å². The van der Waals surface area contributed by atoms with Crippen molar-refractivity contribution >= 4 is 7.12 Å². The van der Waals surface area contributed by atoms with Gasteiger partial charge >= 0.3 is 7.12 Å². The second-order valence-corrected chi connectivity index (χ2v) is 5.58. The van der Waals surface area contributed by atoms with Crippen molar-refractivity contribution in [1.82, 2.24) is 0 Å². The van der Waals surface area contributed by atoms with Crippen LogP contribution in [-0.4, -0.2) is 17.2 Å². The van der Waals surface area contributed by atoms with Crippen LogP contribution in [0.1, 0.15) is 19.4 Å². The standard InChI is InChI=1S/C17H18BFO2/c1-17(2,11-12-18(20)21)15-7-3-13(4-8-15)14-5-9-16(19)10-6-14/h3-12,20-21H,1-2H3/b12-11+. The van der Waals surface area contributed by atoms with Gasteiger partial charge in [-0.1, -0.05) is 62.3 Å². The lowest BCUT2D eigenvalue weighted by Gasteiger charge is -2.21. The summed E-state index contributed by atoms with van der Waals surface area (Å²) in [6, 6.07) is 14.3. The summed E-state index contributed by atoms with van der Waals surface area (Å²) < 4.78 is 12.9. The van der Waals surface area contributed by atoms with E-state index in [0.717, 1.165) is 16.7 Å². The maximum atomic E-state index is 12.9. The first-order chi connectivity index (χ1) is 9.88. The first-order valence-corrected chi connectivity index (χ1v) is 6.80. The molecular formula is C17H18BFO2. The van der Waals surface area contributed by atoms with Gasteiger partial charge in [-0.15, -0.1) is 0 Å². The van der Waals surface area contributed by atoms with E-state index in [4.69, 9.17) is 10.0 Å². The largest absolute Gasteiger partial charge is 0.480 e. The van der Waals surface area contributed by atoms with Gasteiger partial charge in [0.25, 0.3) is 0 Å². The lowest BCUT2D eigenvalue weighted by molar-refractivity contribution is 0.423. The Morgan fingerprint density at radius 2 is 1.38 bits per heavy atom. The third kappa shape index (κ3) is 4.03. The fraction of sp³-hybridized carbons (Fsp3) is 0.176. The number of hydrogen-bond donors (Lipinski definition) is 2. The molecule has 0 heterocycles. The highest BCUT2D eigenvalue weighted by Gasteiger charge is 2.17. The molecule has 0 amide bonds. The minimum absolute atomic E-state index is 0.246. The Balaban J connectivity index is 2.24. The van der Waals surface area contributed by atoms with Gasteiger partial charge in [0.05, 0.1) is 0 Å². The molecule has 2 aromatic carbocycles. The van der Waals surface area contributed by atoms with E-state index in [1.807, 2.05) is 38.1 Å². The molecule has 2 aromatic rings. The van der Waals surface area contributed by atoms with Gasteiger partial charge in [0.1, 0.15) is 5.82 Å². The van der Waals surface area contributed by atoms with Gasteiger partial charge < -0.3 is 10.0 Å². The third-order valence-corrected chi connectivity index (χ3v) is 3.49. The zero-order valence-electron chi connectivity index (χ0n) is 12.1. The van der Waals surface area contributed by atoms with E-state index in [1.165, 1.54) is 18.1 Å². The van der Waals surface area contributed by atoms with Crippen molar-refractivity contribution in [3.05, 3.63) is 72.0 Å². The quantitative estimate of drug-likeness (QED) is 0.845. The van der Waals surface area contributed by atoms with Crippen LogP contribution < -0.4 is 0 Å². The monoisotopic (exact) mass is 284 g/mol. The van der Waals surface area contributed by atoms with Crippen LogP contribution in [0.5, 0.6) is 0 Å². The van der Waals surface area contributed by atoms with Crippen molar-refractivity contribution in [2.24, 2.45) is 0 Å². The molecule has 2 nitrogen and oxygen atoms in total. The predicted octanol–water partition coefficient (Wildman–Crippen LogP) is 3.34. The fourth-order valence-electron chi connectivity index (χ4n) is 2.16. The van der Waals surface area contributed by atoms with E-state index in [1.54, 1.807) is 18.2 Å². The van der Waals surface area contributed by atoms with E-state index in [2.05, 4.69) is 0 Å². The highest BCUT2D eigenvalue weighted by atomic mass is 19.1. The molecule has 4 heteroatoms. The molecule has 0 spiro atoms. The van der Waals surface area contributed by atoms with Gasteiger partial charge in [0.2, 0.25) is 0 Å². The minimum atomic E-state index is -1.44. The summed E-state index contributed by atoms with van der Waals surface area (Å²) in [5, 5.41) is 17.8. The van der Waals surface area contributed by atoms with Crippen LogP contribution in [0.25, 0.3) is 11.1 Å². The summed E-state index contributed by atoms with van der Waals surface area (Å²) in [6.07, 6.45) is 1.77. The van der Waals surface area contributed by atoms with Crippen LogP contribution in [0.2, 0.25) is 0 Å². The molecule has 0 aliphatic carbocycles. The Morgan fingerprint density at radius 3 is 1.86 bits per heavy atom. The SMILES string of the molecule is CC(C)(/C=C/B(O)O)c1ccc(-c2ccc(F)cc2)cc1. The van der Waals surface area contributed by atoms with Gasteiger partial charge in [-0.25, -0.2) is 4.39 Å². The Hall–Kier alpha value is -1.91. The molecule has 2 rings (SSSR count). The topological polar surface area (TPSA) is 40.5 Å². The van der Waals surface area contributed by atoms with Gasteiger partial charge in [-0.2, -0.15) is 0 Å². The molecule has 21 heavy (non-hydrogen) atoms. The third-order valence-electron chi connectivity index (χ3n) is 3.49. The summed E-state index contributed by atoms with van der Waals surface area (Å²) in [5.74, 6) is 1.11. The zero-order chi connectivity index (χ0) is 15.5. The Bertz CT molecular complexity index is 616. The second-order valence-electron chi connectivity index (χ2n) is 5.58. The highest BCUT2D eigenvalue weighted by Crippen LogP contribution is 2.28. The van der Waals surface area contributed by atoms with Crippen molar-refractivity contribution in [3.8, 4) is 11.1 Å². The lowest BCUT2D eigenvalue weighted by atomic mass is 9.79. The minimum Gasteiger partial charge on any atom is -0.424 e. The molecule has 2 N–H and O–H groups in total. The molecule has 108 valence electrons. The summed E-state index contributed by atoms with van der Waals surface area (Å²) in [4.78, 5) is 0. The van der Waals surface area contributed by atoms with Gasteiger partial charge in [-0.3, -0.25) is 0 Å². The van der Waals surface area contributed by atoms with Crippen LogP contribution in [0.15, 0.2) is 60.6 Å². The van der Waals surface area contributed by atoms with Gasteiger partial charge in [0, 0.05) is 5.41 Å². The van der Waals surface area contributed by atoms with Crippen molar-refractivity contribution in [1.29, 1.82) is 0 Å². The van der Waals surface area contributed by atoms with Crippen LogP contribution in [0.3, 0.4) is 0 Å². The molecule has 0 saturated carbocycles. The number of halogens is 1. The Kier molecular flexibility index (Phi) is 4.61. The smallest absolute Gasteiger partial charge is 0.424 e. The summed E-state index contributed by atoms with van der Waals surface area (Å²) in [6.45, 7) is 4.00.